The molecular formula is C24H18ClF3N2O2. The summed E-state index contributed by atoms with van der Waals surface area (Å²) in [6.07, 6.45) is -4.12. The van der Waals surface area contributed by atoms with Gasteiger partial charge in [0.2, 0.25) is 0 Å². The van der Waals surface area contributed by atoms with E-state index in [9.17, 15) is 18.0 Å². The summed E-state index contributed by atoms with van der Waals surface area (Å²) in [7, 11) is 0. The van der Waals surface area contributed by atoms with Gasteiger partial charge < -0.3 is 4.74 Å². The molecule has 0 aliphatic heterocycles. The van der Waals surface area contributed by atoms with Gasteiger partial charge in [0.1, 0.15) is 5.82 Å². The topological polar surface area (TPSA) is 44.1 Å². The summed E-state index contributed by atoms with van der Waals surface area (Å²) in [6.45, 7) is 1.95. The molecule has 0 atom stereocenters. The number of ether oxygens (including phenoxy) is 1. The quantitative estimate of drug-likeness (QED) is 0.322. The van der Waals surface area contributed by atoms with E-state index in [1.165, 1.54) is 6.07 Å². The second kappa shape index (κ2) is 8.67. The van der Waals surface area contributed by atoms with Crippen LogP contribution in [0.2, 0.25) is 5.02 Å². The van der Waals surface area contributed by atoms with E-state index in [0.29, 0.717) is 34.0 Å². The van der Waals surface area contributed by atoms with Gasteiger partial charge in [-0.3, -0.25) is 4.57 Å². The first-order chi connectivity index (χ1) is 15.3. The molecule has 32 heavy (non-hydrogen) atoms. The van der Waals surface area contributed by atoms with Crippen molar-refractivity contribution in [3.63, 3.8) is 0 Å². The van der Waals surface area contributed by atoms with Crippen LogP contribution < -0.4 is 0 Å². The number of alkyl halides is 3. The van der Waals surface area contributed by atoms with E-state index in [1.54, 1.807) is 47.9 Å². The molecule has 0 radical (unpaired) electrons. The minimum absolute atomic E-state index is 0.213. The lowest BCUT2D eigenvalue weighted by Gasteiger charge is -2.12. The number of hydrogen-bond donors (Lipinski definition) is 0. The smallest absolute Gasteiger partial charge is 0.416 e. The van der Waals surface area contributed by atoms with Crippen LogP contribution in [0.4, 0.5) is 13.2 Å². The van der Waals surface area contributed by atoms with Crippen molar-refractivity contribution in [2.45, 2.75) is 19.5 Å². The molecule has 0 saturated heterocycles. The highest BCUT2D eigenvalue weighted by Crippen LogP contribution is 2.33. The number of halogens is 4. The van der Waals surface area contributed by atoms with Gasteiger partial charge in [-0.25, -0.2) is 9.78 Å². The van der Waals surface area contributed by atoms with E-state index in [2.05, 4.69) is 4.98 Å². The highest BCUT2D eigenvalue weighted by Gasteiger charge is 2.31. The number of esters is 1. The Morgan fingerprint density at radius 1 is 1.06 bits per heavy atom. The van der Waals surface area contributed by atoms with E-state index in [0.717, 1.165) is 17.7 Å². The van der Waals surface area contributed by atoms with Crippen molar-refractivity contribution in [1.82, 2.24) is 9.55 Å². The van der Waals surface area contributed by atoms with Gasteiger partial charge in [-0.1, -0.05) is 29.8 Å². The van der Waals surface area contributed by atoms with E-state index in [4.69, 9.17) is 16.3 Å². The zero-order valence-electron chi connectivity index (χ0n) is 17.0. The summed E-state index contributed by atoms with van der Waals surface area (Å²) in [5.74, 6) is 0.0556. The fourth-order valence-corrected chi connectivity index (χ4v) is 3.61. The average molecular weight is 459 g/mol. The van der Waals surface area contributed by atoms with Gasteiger partial charge in [-0.2, -0.15) is 13.2 Å². The molecule has 0 aliphatic rings. The number of fused-ring (bicyclic) bond motifs is 1. The standard InChI is InChI=1S/C24H18ClF3N2O2/c1-2-32-23(31)16-4-3-5-19(13-16)30-21-11-8-17(24(26,27)28)14-20(21)29-22(30)12-15-6-9-18(25)10-7-15/h3-11,13-14H,2,12H2,1H3. The molecule has 4 nitrogen and oxygen atoms in total. The van der Waals surface area contributed by atoms with E-state index in [1.807, 2.05) is 12.1 Å². The van der Waals surface area contributed by atoms with Crippen LogP contribution in [0.5, 0.6) is 0 Å². The molecule has 0 unspecified atom stereocenters. The van der Waals surface area contributed by atoms with Crippen molar-refractivity contribution in [1.29, 1.82) is 0 Å². The minimum Gasteiger partial charge on any atom is -0.462 e. The molecule has 0 amide bonds. The predicted molar refractivity (Wildman–Crippen MR) is 116 cm³/mol. The zero-order valence-corrected chi connectivity index (χ0v) is 17.7. The first-order valence-corrected chi connectivity index (χ1v) is 10.2. The van der Waals surface area contributed by atoms with Gasteiger partial charge in [0.15, 0.2) is 0 Å². The molecule has 0 aliphatic carbocycles. The summed E-state index contributed by atoms with van der Waals surface area (Å²) < 4.78 is 46.6. The Morgan fingerprint density at radius 2 is 1.81 bits per heavy atom. The number of aromatic nitrogens is 2. The molecule has 4 rings (SSSR count). The van der Waals surface area contributed by atoms with E-state index >= 15 is 0 Å². The number of nitrogens with zero attached hydrogens (tertiary/aromatic N) is 2. The first-order valence-electron chi connectivity index (χ1n) is 9.87. The van der Waals surface area contributed by atoms with E-state index < -0.39 is 17.7 Å². The fourth-order valence-electron chi connectivity index (χ4n) is 3.48. The third kappa shape index (κ3) is 4.48. The molecule has 0 fully saturated rings. The largest absolute Gasteiger partial charge is 0.462 e. The van der Waals surface area contributed by atoms with Crippen LogP contribution in [-0.2, 0) is 17.3 Å². The maximum atomic E-state index is 13.2. The monoisotopic (exact) mass is 458 g/mol. The summed E-state index contributed by atoms with van der Waals surface area (Å²) in [4.78, 5) is 16.7. The Hall–Kier alpha value is -3.32. The van der Waals surface area contributed by atoms with Gasteiger partial charge in [-0.05, 0) is 61.0 Å². The number of hydrogen-bond acceptors (Lipinski definition) is 3. The Kier molecular flexibility index (Phi) is 5.93. The van der Waals surface area contributed by atoms with Gasteiger partial charge >= 0.3 is 12.1 Å². The molecule has 0 bridgehead atoms. The van der Waals surface area contributed by atoms with Crippen LogP contribution in [0.1, 0.15) is 34.2 Å². The number of rotatable bonds is 5. The summed E-state index contributed by atoms with van der Waals surface area (Å²) in [5.41, 5.74) is 1.78. The molecular weight excluding hydrogens is 441 g/mol. The Morgan fingerprint density at radius 3 is 2.50 bits per heavy atom. The summed E-state index contributed by atoms with van der Waals surface area (Å²) >= 11 is 5.97. The lowest BCUT2D eigenvalue weighted by Crippen LogP contribution is -2.07. The Labute approximate surface area is 187 Å². The van der Waals surface area contributed by atoms with Gasteiger partial charge in [0.05, 0.1) is 28.8 Å². The van der Waals surface area contributed by atoms with Crippen molar-refractivity contribution in [3.05, 3.63) is 94.3 Å². The van der Waals surface area contributed by atoms with Crippen molar-refractivity contribution >= 4 is 28.6 Å². The summed E-state index contributed by atoms with van der Waals surface area (Å²) in [6, 6.07) is 17.4. The Bertz CT molecular complexity index is 1280. The molecule has 1 aromatic heterocycles. The molecule has 0 saturated carbocycles. The van der Waals surface area contributed by atoms with Crippen molar-refractivity contribution in [3.8, 4) is 5.69 Å². The first kappa shape index (κ1) is 21.9. The van der Waals surface area contributed by atoms with Crippen molar-refractivity contribution < 1.29 is 22.7 Å². The van der Waals surface area contributed by atoms with Crippen LogP contribution in [0.25, 0.3) is 16.7 Å². The number of imidazole rings is 1. The highest BCUT2D eigenvalue weighted by molar-refractivity contribution is 6.30. The van der Waals surface area contributed by atoms with Gasteiger partial charge in [0.25, 0.3) is 0 Å². The second-order valence-corrected chi connectivity index (χ2v) is 7.58. The van der Waals surface area contributed by atoms with Gasteiger partial charge in [0, 0.05) is 17.1 Å². The SMILES string of the molecule is CCOC(=O)c1cccc(-n2c(Cc3ccc(Cl)cc3)nc3cc(C(F)(F)F)ccc32)c1. The molecule has 164 valence electrons. The van der Waals surface area contributed by atoms with Crippen molar-refractivity contribution in [2.75, 3.05) is 6.61 Å². The lowest BCUT2D eigenvalue weighted by molar-refractivity contribution is -0.137. The highest BCUT2D eigenvalue weighted by atomic mass is 35.5. The Balaban J connectivity index is 1.87. The second-order valence-electron chi connectivity index (χ2n) is 7.14. The molecule has 0 N–H and O–H groups in total. The third-order valence-electron chi connectivity index (χ3n) is 4.94. The van der Waals surface area contributed by atoms with Crippen LogP contribution >= 0.6 is 11.6 Å². The van der Waals surface area contributed by atoms with Crippen LogP contribution in [0, 0.1) is 0 Å². The maximum Gasteiger partial charge on any atom is 0.416 e. The average Bonchev–Trinajstić information content (AvgIpc) is 3.12. The van der Waals surface area contributed by atoms with Crippen LogP contribution in [-0.4, -0.2) is 22.1 Å². The molecule has 8 heteroatoms. The lowest BCUT2D eigenvalue weighted by atomic mass is 10.1. The van der Waals surface area contributed by atoms with Gasteiger partial charge in [-0.15, -0.1) is 0 Å². The van der Waals surface area contributed by atoms with E-state index in [-0.39, 0.29) is 12.1 Å². The maximum absolute atomic E-state index is 13.2. The summed E-state index contributed by atoms with van der Waals surface area (Å²) in [5, 5.41) is 0.583. The van der Waals surface area contributed by atoms with Crippen LogP contribution in [0.15, 0.2) is 66.7 Å². The predicted octanol–water partition coefficient (Wildman–Crippen LogP) is 6.47. The molecule has 0 spiro atoms. The fraction of sp³-hybridized carbons (Fsp3) is 0.167. The normalized spacial score (nSPS) is 11.7. The van der Waals surface area contributed by atoms with Crippen molar-refractivity contribution in [2.24, 2.45) is 0 Å². The van der Waals surface area contributed by atoms with Crippen LogP contribution in [0.3, 0.4) is 0 Å². The number of carbonyl (C=O) groups excluding carboxylic acids is 1. The molecule has 3 aromatic carbocycles. The third-order valence-corrected chi connectivity index (χ3v) is 5.19. The molecule has 4 aromatic rings. The minimum atomic E-state index is -4.47. The number of benzene rings is 3. The molecule has 1 heterocycles. The number of carbonyl (C=O) groups is 1. The zero-order chi connectivity index (χ0) is 22.9.